The van der Waals surface area contributed by atoms with Gasteiger partial charge in [-0.25, -0.2) is 9.37 Å². The van der Waals surface area contributed by atoms with Crippen molar-refractivity contribution in [2.75, 3.05) is 5.73 Å². The highest BCUT2D eigenvalue weighted by Gasteiger charge is 2.36. The number of pyridine rings is 1. The van der Waals surface area contributed by atoms with Crippen molar-refractivity contribution in [3.05, 3.63) is 23.3 Å². The maximum Gasteiger partial charge on any atom is 0.436 e. The monoisotopic (exact) mass is 194 g/mol. The van der Waals surface area contributed by atoms with Gasteiger partial charge in [0.05, 0.1) is 11.9 Å². The van der Waals surface area contributed by atoms with Crippen LogP contribution in [-0.2, 0) is 6.18 Å². The Morgan fingerprint density at radius 1 is 1.38 bits per heavy atom. The predicted molar refractivity (Wildman–Crippen MR) is 38.3 cm³/mol. The van der Waals surface area contributed by atoms with Crippen molar-refractivity contribution in [1.29, 1.82) is 0 Å². The van der Waals surface area contributed by atoms with Gasteiger partial charge in [-0.3, -0.25) is 0 Å². The second kappa shape index (κ2) is 2.86. The molecule has 72 valence electrons. The molecular weight excluding hydrogens is 188 g/mol. The molecule has 0 aromatic carbocycles. The predicted octanol–water partition coefficient (Wildman–Crippen LogP) is 2.13. The quantitative estimate of drug-likeness (QED) is 0.642. The average Bonchev–Trinajstić information content (AvgIpc) is 1.98. The van der Waals surface area contributed by atoms with E-state index in [1.54, 1.807) is 0 Å². The lowest BCUT2D eigenvalue weighted by atomic mass is 10.2. The zero-order chi connectivity index (χ0) is 10.2. The molecule has 1 rings (SSSR count). The van der Waals surface area contributed by atoms with E-state index < -0.39 is 17.7 Å². The summed E-state index contributed by atoms with van der Waals surface area (Å²) in [6.45, 7) is 1.17. The Morgan fingerprint density at radius 2 is 1.92 bits per heavy atom. The van der Waals surface area contributed by atoms with Crippen molar-refractivity contribution in [2.24, 2.45) is 0 Å². The topological polar surface area (TPSA) is 38.9 Å². The van der Waals surface area contributed by atoms with E-state index in [-0.39, 0.29) is 11.3 Å². The van der Waals surface area contributed by atoms with Crippen LogP contribution in [0.25, 0.3) is 0 Å². The lowest BCUT2D eigenvalue weighted by molar-refractivity contribution is -0.143. The minimum absolute atomic E-state index is 0.0921. The second-order valence-corrected chi connectivity index (χ2v) is 2.50. The average molecular weight is 194 g/mol. The summed E-state index contributed by atoms with van der Waals surface area (Å²) in [7, 11) is 0. The van der Waals surface area contributed by atoms with Gasteiger partial charge >= 0.3 is 6.18 Å². The summed E-state index contributed by atoms with van der Waals surface area (Å²) in [6, 6.07) is 0. The van der Waals surface area contributed by atoms with Crippen molar-refractivity contribution in [1.82, 2.24) is 4.98 Å². The molecule has 0 saturated heterocycles. The summed E-state index contributed by atoms with van der Waals surface area (Å²) < 4.78 is 48.9. The fourth-order valence-electron chi connectivity index (χ4n) is 0.790. The van der Waals surface area contributed by atoms with Crippen LogP contribution in [0.5, 0.6) is 0 Å². The van der Waals surface area contributed by atoms with Crippen LogP contribution in [0.4, 0.5) is 23.2 Å². The lowest BCUT2D eigenvalue weighted by Crippen LogP contribution is -2.13. The third-order valence-corrected chi connectivity index (χ3v) is 1.57. The first-order valence-electron chi connectivity index (χ1n) is 3.32. The van der Waals surface area contributed by atoms with Crippen LogP contribution in [0, 0.1) is 12.7 Å². The zero-order valence-corrected chi connectivity index (χ0v) is 6.61. The fraction of sp³-hybridized carbons (Fsp3) is 0.286. The Balaban J connectivity index is 3.35. The Morgan fingerprint density at radius 3 is 2.38 bits per heavy atom. The van der Waals surface area contributed by atoms with Crippen LogP contribution < -0.4 is 5.73 Å². The molecule has 1 aromatic rings. The van der Waals surface area contributed by atoms with E-state index in [9.17, 15) is 17.6 Å². The highest BCUT2D eigenvalue weighted by atomic mass is 19.4. The number of nitrogen functional groups attached to an aromatic ring is 1. The molecule has 0 aliphatic carbocycles. The van der Waals surface area contributed by atoms with Crippen molar-refractivity contribution in [2.45, 2.75) is 13.1 Å². The number of hydrogen-bond donors (Lipinski definition) is 1. The van der Waals surface area contributed by atoms with E-state index in [0.29, 0.717) is 0 Å². The van der Waals surface area contributed by atoms with E-state index in [2.05, 4.69) is 4.98 Å². The number of nitrogens with zero attached hydrogens (tertiary/aromatic N) is 1. The Hall–Kier alpha value is -1.33. The van der Waals surface area contributed by atoms with Gasteiger partial charge in [0, 0.05) is 5.56 Å². The van der Waals surface area contributed by atoms with Gasteiger partial charge in [0.25, 0.3) is 0 Å². The first-order valence-corrected chi connectivity index (χ1v) is 3.32. The van der Waals surface area contributed by atoms with Crippen LogP contribution in [-0.4, -0.2) is 4.98 Å². The maximum atomic E-state index is 12.9. The number of halogens is 4. The smallest absolute Gasteiger partial charge is 0.397 e. The lowest BCUT2D eigenvalue weighted by Gasteiger charge is -2.09. The van der Waals surface area contributed by atoms with Crippen LogP contribution in [0.3, 0.4) is 0 Å². The molecule has 0 bridgehead atoms. The number of anilines is 1. The van der Waals surface area contributed by atoms with Crippen LogP contribution >= 0.6 is 0 Å². The Bertz CT molecular complexity index is 332. The molecule has 2 N–H and O–H groups in total. The zero-order valence-electron chi connectivity index (χ0n) is 6.61. The highest BCUT2D eigenvalue weighted by Crippen LogP contribution is 2.31. The first-order chi connectivity index (χ1) is 5.84. The first kappa shape index (κ1) is 9.76. The number of nitrogens with two attached hydrogens (primary N) is 1. The van der Waals surface area contributed by atoms with Crippen LogP contribution in [0.1, 0.15) is 11.3 Å². The molecule has 0 aliphatic heterocycles. The molecular formula is C7H6F4N2. The summed E-state index contributed by atoms with van der Waals surface area (Å²) >= 11 is 0. The minimum atomic E-state index is -4.78. The summed E-state index contributed by atoms with van der Waals surface area (Å²) in [4.78, 5) is 2.88. The van der Waals surface area contributed by atoms with Gasteiger partial charge in [0.2, 0.25) is 0 Å². The Labute approximate surface area is 71.4 Å². The molecule has 1 aromatic heterocycles. The van der Waals surface area contributed by atoms with Crippen molar-refractivity contribution in [3.63, 3.8) is 0 Å². The minimum Gasteiger partial charge on any atom is -0.397 e. The molecule has 1 heterocycles. The molecule has 0 atom stereocenters. The second-order valence-electron chi connectivity index (χ2n) is 2.50. The summed E-state index contributed by atoms with van der Waals surface area (Å²) in [5, 5.41) is 0. The third-order valence-electron chi connectivity index (χ3n) is 1.57. The maximum absolute atomic E-state index is 12.9. The van der Waals surface area contributed by atoms with Crippen molar-refractivity contribution in [3.8, 4) is 0 Å². The molecule has 0 saturated carbocycles. The summed E-state index contributed by atoms with van der Waals surface area (Å²) in [6.07, 6.45) is -3.98. The van der Waals surface area contributed by atoms with E-state index >= 15 is 0 Å². The molecule has 0 radical (unpaired) electrons. The standard InChI is InChI=1S/C7H6F4N2/c1-3-4(12)2-13-6(5(3)8)7(9,10)11/h2H,12H2,1H3. The molecule has 0 amide bonds. The normalized spacial score (nSPS) is 11.8. The van der Waals surface area contributed by atoms with E-state index in [1.807, 2.05) is 0 Å². The Kier molecular flexibility index (Phi) is 2.15. The van der Waals surface area contributed by atoms with Gasteiger partial charge in [0.15, 0.2) is 11.5 Å². The molecule has 13 heavy (non-hydrogen) atoms. The van der Waals surface area contributed by atoms with Gasteiger partial charge in [-0.2, -0.15) is 13.2 Å². The SMILES string of the molecule is Cc1c(N)cnc(C(F)(F)F)c1F. The largest absolute Gasteiger partial charge is 0.436 e. The van der Waals surface area contributed by atoms with Gasteiger partial charge in [-0.1, -0.05) is 0 Å². The van der Waals surface area contributed by atoms with E-state index in [0.717, 1.165) is 6.20 Å². The molecule has 6 heteroatoms. The number of alkyl halides is 3. The number of hydrogen-bond acceptors (Lipinski definition) is 2. The molecule has 0 fully saturated rings. The van der Waals surface area contributed by atoms with Crippen LogP contribution in [0.15, 0.2) is 6.20 Å². The van der Waals surface area contributed by atoms with Gasteiger partial charge in [-0.05, 0) is 6.92 Å². The van der Waals surface area contributed by atoms with E-state index in [4.69, 9.17) is 5.73 Å². The van der Waals surface area contributed by atoms with Gasteiger partial charge in [0.1, 0.15) is 0 Å². The summed E-state index contributed by atoms with van der Waals surface area (Å²) in [5.74, 6) is -1.41. The summed E-state index contributed by atoms with van der Waals surface area (Å²) in [5.41, 5.74) is 3.31. The number of aromatic nitrogens is 1. The van der Waals surface area contributed by atoms with Crippen molar-refractivity contribution < 1.29 is 17.6 Å². The molecule has 0 aliphatic rings. The third kappa shape index (κ3) is 1.71. The molecule has 0 unspecified atom stereocenters. The molecule has 2 nitrogen and oxygen atoms in total. The van der Waals surface area contributed by atoms with Crippen molar-refractivity contribution >= 4 is 5.69 Å². The fourth-order valence-corrected chi connectivity index (χ4v) is 0.790. The van der Waals surface area contributed by atoms with Gasteiger partial charge in [-0.15, -0.1) is 0 Å². The molecule has 0 spiro atoms. The van der Waals surface area contributed by atoms with Crippen LogP contribution in [0.2, 0.25) is 0 Å². The van der Waals surface area contributed by atoms with E-state index in [1.165, 1.54) is 6.92 Å². The number of rotatable bonds is 0. The van der Waals surface area contributed by atoms with Gasteiger partial charge < -0.3 is 5.73 Å². The highest BCUT2D eigenvalue weighted by molar-refractivity contribution is 5.45.